The molecule has 0 atom stereocenters. The summed E-state index contributed by atoms with van der Waals surface area (Å²) in [6, 6.07) is 13.9. The molecule has 1 heterocycles. The van der Waals surface area contributed by atoms with Crippen LogP contribution < -0.4 is 4.90 Å². The Bertz CT molecular complexity index is 628. The van der Waals surface area contributed by atoms with Crippen molar-refractivity contribution in [2.75, 3.05) is 25.0 Å². The van der Waals surface area contributed by atoms with Crippen molar-refractivity contribution in [3.63, 3.8) is 0 Å². The number of amides is 1. The summed E-state index contributed by atoms with van der Waals surface area (Å²) in [7, 11) is 1.81. The number of aromatic nitrogens is 2. The highest BCUT2D eigenvalue weighted by Crippen LogP contribution is 2.14. The van der Waals surface area contributed by atoms with E-state index in [1.165, 1.54) is 5.56 Å². The SMILES string of the molecule is CCCCN(C)C(=O)c1ccc(N(CC)Cc2ccccc2)nn1. The van der Waals surface area contributed by atoms with Gasteiger partial charge in [-0.25, -0.2) is 0 Å². The molecule has 128 valence electrons. The lowest BCUT2D eigenvalue weighted by Crippen LogP contribution is -2.29. The van der Waals surface area contributed by atoms with Crippen LogP contribution in [0.4, 0.5) is 5.82 Å². The lowest BCUT2D eigenvalue weighted by atomic mass is 10.2. The third kappa shape index (κ3) is 4.78. The largest absolute Gasteiger partial charge is 0.351 e. The number of benzene rings is 1. The van der Waals surface area contributed by atoms with E-state index in [1.807, 2.05) is 24.3 Å². The molecule has 0 fully saturated rings. The minimum absolute atomic E-state index is 0.0754. The maximum Gasteiger partial charge on any atom is 0.274 e. The van der Waals surface area contributed by atoms with Gasteiger partial charge in [-0.15, -0.1) is 10.2 Å². The fourth-order valence-corrected chi connectivity index (χ4v) is 2.46. The molecule has 0 aliphatic carbocycles. The van der Waals surface area contributed by atoms with Gasteiger partial charge in [-0.2, -0.15) is 0 Å². The van der Waals surface area contributed by atoms with Crippen LogP contribution in [-0.2, 0) is 6.54 Å². The predicted molar refractivity (Wildman–Crippen MR) is 97.1 cm³/mol. The summed E-state index contributed by atoms with van der Waals surface area (Å²) in [6.45, 7) is 6.54. The lowest BCUT2D eigenvalue weighted by molar-refractivity contribution is 0.0786. The van der Waals surface area contributed by atoms with Crippen LogP contribution in [0.3, 0.4) is 0 Å². The number of carbonyl (C=O) groups is 1. The van der Waals surface area contributed by atoms with Gasteiger partial charge < -0.3 is 9.80 Å². The summed E-state index contributed by atoms with van der Waals surface area (Å²) >= 11 is 0. The molecule has 0 unspecified atom stereocenters. The maximum absolute atomic E-state index is 12.3. The van der Waals surface area contributed by atoms with Crippen molar-refractivity contribution in [3.05, 3.63) is 53.7 Å². The summed E-state index contributed by atoms with van der Waals surface area (Å²) < 4.78 is 0. The molecule has 5 nitrogen and oxygen atoms in total. The van der Waals surface area contributed by atoms with E-state index < -0.39 is 0 Å². The minimum Gasteiger partial charge on any atom is -0.351 e. The van der Waals surface area contributed by atoms with E-state index in [1.54, 1.807) is 18.0 Å². The summed E-state index contributed by atoms with van der Waals surface area (Å²) in [4.78, 5) is 16.1. The molecular formula is C19H26N4O. The smallest absolute Gasteiger partial charge is 0.274 e. The lowest BCUT2D eigenvalue weighted by Gasteiger charge is -2.22. The molecule has 0 aliphatic rings. The zero-order valence-corrected chi connectivity index (χ0v) is 14.8. The zero-order chi connectivity index (χ0) is 17.4. The number of unbranched alkanes of at least 4 members (excludes halogenated alkanes) is 1. The summed E-state index contributed by atoms with van der Waals surface area (Å²) in [5.41, 5.74) is 1.62. The van der Waals surface area contributed by atoms with Crippen molar-refractivity contribution in [1.29, 1.82) is 0 Å². The monoisotopic (exact) mass is 326 g/mol. The normalized spacial score (nSPS) is 10.5. The fraction of sp³-hybridized carbons (Fsp3) is 0.421. The molecular weight excluding hydrogens is 300 g/mol. The first-order valence-electron chi connectivity index (χ1n) is 8.53. The molecule has 5 heteroatoms. The van der Waals surface area contributed by atoms with E-state index in [0.717, 1.165) is 38.3 Å². The van der Waals surface area contributed by atoms with Crippen LogP contribution in [-0.4, -0.2) is 41.1 Å². The van der Waals surface area contributed by atoms with Crippen molar-refractivity contribution in [3.8, 4) is 0 Å². The Hall–Kier alpha value is -2.43. The van der Waals surface area contributed by atoms with Gasteiger partial charge in [0.2, 0.25) is 0 Å². The highest BCUT2D eigenvalue weighted by atomic mass is 16.2. The van der Waals surface area contributed by atoms with Crippen LogP contribution in [0.2, 0.25) is 0 Å². The molecule has 0 aliphatic heterocycles. The Kier molecular flexibility index (Phi) is 6.73. The quantitative estimate of drug-likeness (QED) is 0.746. The van der Waals surface area contributed by atoms with Gasteiger partial charge in [-0.05, 0) is 31.0 Å². The number of nitrogens with zero attached hydrogens (tertiary/aromatic N) is 4. The molecule has 0 bridgehead atoms. The minimum atomic E-state index is -0.0754. The summed E-state index contributed by atoms with van der Waals surface area (Å²) in [5, 5.41) is 8.39. The highest BCUT2D eigenvalue weighted by Gasteiger charge is 2.14. The molecule has 1 amide bonds. The Morgan fingerprint density at radius 3 is 2.38 bits per heavy atom. The third-order valence-electron chi connectivity index (χ3n) is 3.99. The molecule has 24 heavy (non-hydrogen) atoms. The number of carbonyl (C=O) groups excluding carboxylic acids is 1. The van der Waals surface area contributed by atoms with Crippen LogP contribution in [0.1, 0.15) is 42.7 Å². The van der Waals surface area contributed by atoms with Crippen LogP contribution in [0.25, 0.3) is 0 Å². The topological polar surface area (TPSA) is 49.3 Å². The number of hydrogen-bond acceptors (Lipinski definition) is 4. The van der Waals surface area contributed by atoms with E-state index >= 15 is 0 Å². The van der Waals surface area contributed by atoms with Gasteiger partial charge in [0.15, 0.2) is 11.5 Å². The standard InChI is InChI=1S/C19H26N4O/c1-4-6-14-22(3)19(24)17-12-13-18(21-20-17)23(5-2)15-16-10-8-7-9-11-16/h7-13H,4-6,14-15H2,1-3H3. The molecule has 0 N–H and O–H groups in total. The first kappa shape index (κ1) is 17.9. The third-order valence-corrected chi connectivity index (χ3v) is 3.99. The average molecular weight is 326 g/mol. The first-order chi connectivity index (χ1) is 11.7. The van der Waals surface area contributed by atoms with Gasteiger partial charge in [-0.1, -0.05) is 43.7 Å². The van der Waals surface area contributed by atoms with Gasteiger partial charge in [0.25, 0.3) is 5.91 Å². The van der Waals surface area contributed by atoms with E-state index in [0.29, 0.717) is 5.69 Å². The average Bonchev–Trinajstić information content (AvgIpc) is 2.64. The van der Waals surface area contributed by atoms with Crippen molar-refractivity contribution in [2.45, 2.75) is 33.2 Å². The second kappa shape index (κ2) is 9.01. The Balaban J connectivity index is 2.05. The predicted octanol–water partition coefficient (Wildman–Crippen LogP) is 3.38. The molecule has 2 aromatic rings. The Morgan fingerprint density at radius 2 is 1.79 bits per heavy atom. The van der Waals surface area contributed by atoms with Crippen LogP contribution in [0.15, 0.2) is 42.5 Å². The van der Waals surface area contributed by atoms with Crippen molar-refractivity contribution < 1.29 is 4.79 Å². The van der Waals surface area contributed by atoms with Gasteiger partial charge in [0.05, 0.1) is 0 Å². The molecule has 0 spiro atoms. The van der Waals surface area contributed by atoms with E-state index in [4.69, 9.17) is 0 Å². The molecule has 0 radical (unpaired) electrons. The molecule has 1 aromatic carbocycles. The van der Waals surface area contributed by atoms with E-state index in [-0.39, 0.29) is 5.91 Å². The first-order valence-corrected chi connectivity index (χ1v) is 8.53. The number of rotatable bonds is 8. The fourth-order valence-electron chi connectivity index (χ4n) is 2.46. The second-order valence-corrected chi connectivity index (χ2v) is 5.86. The van der Waals surface area contributed by atoms with Crippen molar-refractivity contribution in [1.82, 2.24) is 15.1 Å². The molecule has 0 saturated heterocycles. The highest BCUT2D eigenvalue weighted by molar-refractivity contribution is 5.92. The van der Waals surface area contributed by atoms with Crippen LogP contribution in [0.5, 0.6) is 0 Å². The Labute approximate surface area is 144 Å². The number of anilines is 1. The summed E-state index contributed by atoms with van der Waals surface area (Å²) in [5.74, 6) is 0.711. The van der Waals surface area contributed by atoms with Gasteiger partial charge in [0.1, 0.15) is 0 Å². The van der Waals surface area contributed by atoms with E-state index in [9.17, 15) is 4.79 Å². The van der Waals surface area contributed by atoms with Crippen molar-refractivity contribution >= 4 is 11.7 Å². The molecule has 0 saturated carbocycles. The zero-order valence-electron chi connectivity index (χ0n) is 14.8. The maximum atomic E-state index is 12.3. The van der Waals surface area contributed by atoms with Gasteiger partial charge >= 0.3 is 0 Å². The van der Waals surface area contributed by atoms with Gasteiger partial charge in [-0.3, -0.25) is 4.79 Å². The van der Waals surface area contributed by atoms with Crippen LogP contribution >= 0.6 is 0 Å². The molecule has 2 rings (SSSR count). The Morgan fingerprint density at radius 1 is 1.04 bits per heavy atom. The summed E-state index contributed by atoms with van der Waals surface area (Å²) in [6.07, 6.45) is 2.06. The van der Waals surface area contributed by atoms with E-state index in [2.05, 4.69) is 41.1 Å². The van der Waals surface area contributed by atoms with Gasteiger partial charge in [0, 0.05) is 26.7 Å². The van der Waals surface area contributed by atoms with Crippen LogP contribution in [0, 0.1) is 0 Å². The number of hydrogen-bond donors (Lipinski definition) is 0. The second-order valence-electron chi connectivity index (χ2n) is 5.86. The van der Waals surface area contributed by atoms with Crippen molar-refractivity contribution in [2.24, 2.45) is 0 Å². The molecule has 1 aromatic heterocycles.